The molecule has 0 aromatic heterocycles. The van der Waals surface area contributed by atoms with Gasteiger partial charge in [0, 0.05) is 0 Å². The van der Waals surface area contributed by atoms with Crippen LogP contribution in [0.1, 0.15) is 38.7 Å². The van der Waals surface area contributed by atoms with Crippen molar-refractivity contribution in [2.75, 3.05) is 7.11 Å². The van der Waals surface area contributed by atoms with Crippen LogP contribution in [0.15, 0.2) is 30.3 Å². The van der Waals surface area contributed by atoms with Gasteiger partial charge in [0.15, 0.2) is 6.10 Å². The van der Waals surface area contributed by atoms with Crippen LogP contribution in [0, 0.1) is 11.8 Å². The number of ether oxygens (including phenoxy) is 2. The fraction of sp³-hybridized carbons (Fsp3) is 0.611. The van der Waals surface area contributed by atoms with E-state index in [1.807, 2.05) is 25.1 Å². The molecule has 0 bridgehead atoms. The van der Waals surface area contributed by atoms with Gasteiger partial charge < -0.3 is 14.6 Å². The van der Waals surface area contributed by atoms with E-state index in [9.17, 15) is 9.90 Å². The van der Waals surface area contributed by atoms with Crippen molar-refractivity contribution in [2.24, 2.45) is 11.8 Å². The number of aliphatic hydroxyl groups excluding tert-OH is 1. The van der Waals surface area contributed by atoms with Gasteiger partial charge in [-0.2, -0.15) is 0 Å². The topological polar surface area (TPSA) is 55.8 Å². The summed E-state index contributed by atoms with van der Waals surface area (Å²) in [5, 5.41) is 10.2. The molecule has 2 unspecified atom stereocenters. The maximum Gasteiger partial charge on any atom is 0.337 e. The number of hydrogen-bond donors (Lipinski definition) is 1. The summed E-state index contributed by atoms with van der Waals surface area (Å²) in [5.74, 6) is 0.432. The van der Waals surface area contributed by atoms with Crippen LogP contribution < -0.4 is 0 Å². The summed E-state index contributed by atoms with van der Waals surface area (Å²) < 4.78 is 10.6. The highest BCUT2D eigenvalue weighted by molar-refractivity contribution is 5.75. The average Bonchev–Trinajstić information content (AvgIpc) is 2.53. The molecule has 0 radical (unpaired) electrons. The first-order chi connectivity index (χ1) is 10.5. The molecular weight excluding hydrogens is 280 g/mol. The van der Waals surface area contributed by atoms with Crippen LogP contribution >= 0.6 is 0 Å². The summed E-state index contributed by atoms with van der Waals surface area (Å²) in [6.45, 7) is 6.41. The largest absolute Gasteiger partial charge is 0.467 e. The van der Waals surface area contributed by atoms with Crippen molar-refractivity contribution < 1.29 is 19.4 Å². The Morgan fingerprint density at radius 3 is 2.50 bits per heavy atom. The van der Waals surface area contributed by atoms with E-state index >= 15 is 0 Å². The lowest BCUT2D eigenvalue weighted by molar-refractivity contribution is -0.174. The van der Waals surface area contributed by atoms with E-state index in [1.54, 1.807) is 0 Å². The highest BCUT2D eigenvalue weighted by atomic mass is 16.6. The molecule has 1 heterocycles. The molecule has 1 saturated heterocycles. The molecule has 1 aromatic rings. The minimum Gasteiger partial charge on any atom is -0.467 e. The van der Waals surface area contributed by atoms with Crippen LogP contribution in [0.4, 0.5) is 0 Å². The summed E-state index contributed by atoms with van der Waals surface area (Å²) >= 11 is 0. The monoisotopic (exact) mass is 306 g/mol. The molecule has 2 rings (SSSR count). The van der Waals surface area contributed by atoms with Gasteiger partial charge >= 0.3 is 5.97 Å². The maximum atomic E-state index is 11.6. The van der Waals surface area contributed by atoms with Crippen molar-refractivity contribution in [3.05, 3.63) is 35.9 Å². The van der Waals surface area contributed by atoms with Gasteiger partial charge in [0.1, 0.15) is 0 Å². The van der Waals surface area contributed by atoms with Crippen molar-refractivity contribution in [3.8, 4) is 0 Å². The molecule has 5 atom stereocenters. The van der Waals surface area contributed by atoms with Crippen LogP contribution in [0.5, 0.6) is 0 Å². The standard InChI is InChI=1S/C18H26O4/c1-11(2)16-12(3)22-15(17(19)18(20)21-4)10-14(16)13-8-6-5-7-9-13/h5-9,11-12,14-17,19H,10H2,1-4H3/t12-,14+,15?,16-,17?/m0/s1. The van der Waals surface area contributed by atoms with Crippen LogP contribution in [0.3, 0.4) is 0 Å². The zero-order valence-electron chi connectivity index (χ0n) is 13.7. The van der Waals surface area contributed by atoms with Gasteiger partial charge in [-0.1, -0.05) is 44.2 Å². The fourth-order valence-electron chi connectivity index (χ4n) is 3.70. The Kier molecular flexibility index (Phi) is 5.59. The molecule has 0 spiro atoms. The molecule has 1 aliphatic rings. The zero-order chi connectivity index (χ0) is 16.3. The lowest BCUT2D eigenvalue weighted by Crippen LogP contribution is -2.48. The summed E-state index contributed by atoms with van der Waals surface area (Å²) in [6.07, 6.45) is -1.16. The molecule has 1 aromatic carbocycles. The molecule has 1 N–H and O–H groups in total. The Morgan fingerprint density at radius 1 is 1.32 bits per heavy atom. The molecule has 122 valence electrons. The molecule has 22 heavy (non-hydrogen) atoms. The molecule has 4 heteroatoms. The number of carbonyl (C=O) groups is 1. The number of aliphatic hydroxyl groups is 1. The highest BCUT2D eigenvalue weighted by Crippen LogP contribution is 2.42. The van der Waals surface area contributed by atoms with Gasteiger partial charge in [-0.15, -0.1) is 0 Å². The maximum absolute atomic E-state index is 11.6. The average molecular weight is 306 g/mol. The Labute approximate surface area is 132 Å². The summed E-state index contributed by atoms with van der Waals surface area (Å²) in [4.78, 5) is 11.6. The second-order valence-electron chi connectivity index (χ2n) is 6.42. The molecule has 1 fully saturated rings. The molecule has 0 aliphatic carbocycles. The molecule has 0 amide bonds. The van der Waals surface area contributed by atoms with E-state index in [0.717, 1.165) is 0 Å². The first kappa shape index (κ1) is 17.0. The lowest BCUT2D eigenvalue weighted by atomic mass is 9.71. The van der Waals surface area contributed by atoms with E-state index < -0.39 is 18.2 Å². The van der Waals surface area contributed by atoms with E-state index in [0.29, 0.717) is 18.3 Å². The SMILES string of the molecule is COC(=O)C(O)C1C[C@H](c2ccccc2)[C@@H](C(C)C)[C@H](C)O1. The Balaban J connectivity index is 2.27. The van der Waals surface area contributed by atoms with Gasteiger partial charge in [0.2, 0.25) is 0 Å². The van der Waals surface area contributed by atoms with E-state index in [1.165, 1.54) is 12.7 Å². The van der Waals surface area contributed by atoms with Crippen molar-refractivity contribution in [1.29, 1.82) is 0 Å². The van der Waals surface area contributed by atoms with Crippen molar-refractivity contribution in [2.45, 2.75) is 51.4 Å². The first-order valence-electron chi connectivity index (χ1n) is 7.92. The van der Waals surface area contributed by atoms with Gasteiger partial charge in [-0.05, 0) is 36.7 Å². The van der Waals surface area contributed by atoms with E-state index in [4.69, 9.17) is 4.74 Å². The van der Waals surface area contributed by atoms with Gasteiger partial charge in [-0.25, -0.2) is 4.79 Å². The van der Waals surface area contributed by atoms with Crippen molar-refractivity contribution in [1.82, 2.24) is 0 Å². The molecular formula is C18H26O4. The number of carbonyl (C=O) groups excluding carboxylic acids is 1. The second-order valence-corrected chi connectivity index (χ2v) is 6.42. The number of methoxy groups -OCH3 is 1. The summed E-state index contributed by atoms with van der Waals surface area (Å²) in [7, 11) is 1.28. The number of esters is 1. The smallest absolute Gasteiger partial charge is 0.337 e. The quantitative estimate of drug-likeness (QED) is 0.869. The Morgan fingerprint density at radius 2 is 1.95 bits per heavy atom. The second kappa shape index (κ2) is 7.25. The molecule has 0 saturated carbocycles. The Hall–Kier alpha value is -1.39. The van der Waals surface area contributed by atoms with Crippen LogP contribution in [-0.2, 0) is 14.3 Å². The third kappa shape index (κ3) is 3.50. The number of benzene rings is 1. The number of hydrogen-bond acceptors (Lipinski definition) is 4. The third-order valence-corrected chi connectivity index (χ3v) is 4.67. The van der Waals surface area contributed by atoms with Gasteiger partial charge in [-0.3, -0.25) is 0 Å². The molecule has 4 nitrogen and oxygen atoms in total. The third-order valence-electron chi connectivity index (χ3n) is 4.67. The van der Waals surface area contributed by atoms with Crippen LogP contribution in [0.25, 0.3) is 0 Å². The lowest BCUT2D eigenvalue weighted by Gasteiger charge is -2.44. The predicted octanol–water partition coefficient (Wildman–Crippen LogP) is 2.75. The van der Waals surface area contributed by atoms with E-state index in [-0.39, 0.29) is 12.0 Å². The van der Waals surface area contributed by atoms with Crippen LogP contribution in [-0.4, -0.2) is 36.5 Å². The van der Waals surface area contributed by atoms with Crippen LogP contribution in [0.2, 0.25) is 0 Å². The minimum absolute atomic E-state index is 0.0248. The molecule has 1 aliphatic heterocycles. The Bertz CT molecular complexity index is 485. The van der Waals surface area contributed by atoms with Crippen molar-refractivity contribution in [3.63, 3.8) is 0 Å². The summed E-state index contributed by atoms with van der Waals surface area (Å²) in [6, 6.07) is 10.3. The van der Waals surface area contributed by atoms with Gasteiger partial charge in [0.25, 0.3) is 0 Å². The van der Waals surface area contributed by atoms with E-state index in [2.05, 4.69) is 30.7 Å². The number of rotatable bonds is 4. The minimum atomic E-state index is -1.23. The highest BCUT2D eigenvalue weighted by Gasteiger charge is 2.42. The van der Waals surface area contributed by atoms with Crippen molar-refractivity contribution >= 4 is 5.97 Å². The summed E-state index contributed by atoms with van der Waals surface area (Å²) in [5.41, 5.74) is 1.23. The normalized spacial score (nSPS) is 30.1. The fourth-order valence-corrected chi connectivity index (χ4v) is 3.70. The first-order valence-corrected chi connectivity index (χ1v) is 7.92. The predicted molar refractivity (Wildman–Crippen MR) is 84.5 cm³/mol. The zero-order valence-corrected chi connectivity index (χ0v) is 13.7. The van der Waals surface area contributed by atoms with Gasteiger partial charge in [0.05, 0.1) is 19.3 Å².